The molecular formula is C21H20N4O4. The zero-order valence-electron chi connectivity index (χ0n) is 15.8. The summed E-state index contributed by atoms with van der Waals surface area (Å²) in [7, 11) is 1.60. The van der Waals surface area contributed by atoms with Crippen LogP contribution in [0, 0.1) is 0 Å². The molecule has 1 aliphatic rings. The maximum atomic E-state index is 12.3. The van der Waals surface area contributed by atoms with Gasteiger partial charge in [0.05, 0.1) is 12.7 Å². The first-order valence-corrected chi connectivity index (χ1v) is 9.07. The highest BCUT2D eigenvalue weighted by Gasteiger charge is 2.13. The van der Waals surface area contributed by atoms with Crippen LogP contribution in [0.2, 0.25) is 0 Å². The van der Waals surface area contributed by atoms with Crippen molar-refractivity contribution in [2.45, 2.75) is 13.1 Å². The number of carbonyl (C=O) groups excluding carboxylic acids is 1. The van der Waals surface area contributed by atoms with Crippen molar-refractivity contribution in [1.82, 2.24) is 15.3 Å². The Bertz CT molecular complexity index is 1010. The van der Waals surface area contributed by atoms with Gasteiger partial charge in [0.25, 0.3) is 5.91 Å². The van der Waals surface area contributed by atoms with E-state index >= 15 is 0 Å². The number of rotatable bonds is 7. The van der Waals surface area contributed by atoms with Crippen molar-refractivity contribution in [3.8, 4) is 17.2 Å². The van der Waals surface area contributed by atoms with Crippen molar-refractivity contribution in [2.24, 2.45) is 0 Å². The molecule has 1 aromatic heterocycles. The molecule has 8 nitrogen and oxygen atoms in total. The number of amides is 1. The van der Waals surface area contributed by atoms with Crippen molar-refractivity contribution in [2.75, 3.05) is 19.2 Å². The van der Waals surface area contributed by atoms with Crippen molar-refractivity contribution in [3.63, 3.8) is 0 Å². The van der Waals surface area contributed by atoms with Crippen LogP contribution < -0.4 is 24.8 Å². The number of carbonyl (C=O) groups is 1. The minimum Gasteiger partial charge on any atom is -0.496 e. The summed E-state index contributed by atoms with van der Waals surface area (Å²) in [4.78, 5) is 20.8. The fraction of sp³-hybridized carbons (Fsp3) is 0.190. The molecule has 2 aromatic carbocycles. The van der Waals surface area contributed by atoms with Crippen LogP contribution >= 0.6 is 0 Å². The maximum Gasteiger partial charge on any atom is 0.254 e. The lowest BCUT2D eigenvalue weighted by Crippen LogP contribution is -2.23. The van der Waals surface area contributed by atoms with Crippen molar-refractivity contribution in [3.05, 3.63) is 71.5 Å². The average Bonchev–Trinajstić information content (AvgIpc) is 3.24. The number of hydrogen-bond donors (Lipinski definition) is 2. The average molecular weight is 392 g/mol. The van der Waals surface area contributed by atoms with E-state index in [1.54, 1.807) is 7.11 Å². The number of fused-ring (bicyclic) bond motifs is 1. The molecule has 0 unspecified atom stereocenters. The first-order valence-electron chi connectivity index (χ1n) is 9.07. The van der Waals surface area contributed by atoms with Crippen LogP contribution in [-0.2, 0) is 13.1 Å². The zero-order chi connectivity index (χ0) is 20.1. The van der Waals surface area contributed by atoms with Crippen LogP contribution in [0.15, 0.2) is 54.9 Å². The van der Waals surface area contributed by atoms with Gasteiger partial charge < -0.3 is 24.8 Å². The smallest absolute Gasteiger partial charge is 0.254 e. The summed E-state index contributed by atoms with van der Waals surface area (Å²) < 4.78 is 16.0. The lowest BCUT2D eigenvalue weighted by Gasteiger charge is -2.10. The molecule has 0 aliphatic carbocycles. The molecule has 148 valence electrons. The summed E-state index contributed by atoms with van der Waals surface area (Å²) in [6.07, 6.45) is 2.99. The third kappa shape index (κ3) is 4.37. The van der Waals surface area contributed by atoms with E-state index in [1.807, 2.05) is 42.5 Å². The summed E-state index contributed by atoms with van der Waals surface area (Å²) in [6.45, 7) is 1.12. The third-order valence-corrected chi connectivity index (χ3v) is 4.43. The number of hydrogen-bond acceptors (Lipinski definition) is 7. The zero-order valence-corrected chi connectivity index (χ0v) is 15.8. The van der Waals surface area contributed by atoms with E-state index in [-0.39, 0.29) is 12.7 Å². The summed E-state index contributed by atoms with van der Waals surface area (Å²) in [5.41, 5.74) is 2.29. The number of nitrogens with zero attached hydrogens (tertiary/aromatic N) is 2. The molecule has 0 bridgehead atoms. The molecule has 0 saturated carbocycles. The van der Waals surface area contributed by atoms with E-state index in [4.69, 9.17) is 14.2 Å². The quantitative estimate of drug-likeness (QED) is 0.638. The molecule has 3 aromatic rings. The Balaban J connectivity index is 1.32. The van der Waals surface area contributed by atoms with Gasteiger partial charge in [-0.1, -0.05) is 24.3 Å². The molecule has 0 atom stereocenters. The van der Waals surface area contributed by atoms with E-state index in [0.717, 1.165) is 28.4 Å². The third-order valence-electron chi connectivity index (χ3n) is 4.43. The molecule has 29 heavy (non-hydrogen) atoms. The Morgan fingerprint density at radius 3 is 2.69 bits per heavy atom. The number of nitrogens with one attached hydrogen (secondary N) is 2. The van der Waals surface area contributed by atoms with Crippen molar-refractivity contribution in [1.29, 1.82) is 0 Å². The van der Waals surface area contributed by atoms with E-state index in [0.29, 0.717) is 24.6 Å². The van der Waals surface area contributed by atoms with Gasteiger partial charge in [-0.15, -0.1) is 0 Å². The number of anilines is 1. The van der Waals surface area contributed by atoms with Crippen LogP contribution in [-0.4, -0.2) is 29.8 Å². The van der Waals surface area contributed by atoms with Crippen LogP contribution in [0.25, 0.3) is 0 Å². The highest BCUT2D eigenvalue weighted by Crippen LogP contribution is 2.32. The molecule has 1 amide bonds. The fourth-order valence-corrected chi connectivity index (χ4v) is 2.90. The van der Waals surface area contributed by atoms with Gasteiger partial charge in [0.1, 0.15) is 5.75 Å². The Morgan fingerprint density at radius 1 is 1.07 bits per heavy atom. The Kier molecular flexibility index (Phi) is 5.42. The van der Waals surface area contributed by atoms with Crippen LogP contribution in [0.4, 0.5) is 5.95 Å². The van der Waals surface area contributed by atoms with Gasteiger partial charge in [0.2, 0.25) is 12.7 Å². The van der Waals surface area contributed by atoms with Crippen molar-refractivity contribution >= 4 is 11.9 Å². The van der Waals surface area contributed by atoms with Crippen molar-refractivity contribution < 1.29 is 19.0 Å². The van der Waals surface area contributed by atoms with Crippen LogP contribution in [0.3, 0.4) is 0 Å². The molecule has 4 rings (SSSR count). The van der Waals surface area contributed by atoms with Gasteiger partial charge in [0.15, 0.2) is 11.5 Å². The largest absolute Gasteiger partial charge is 0.496 e. The van der Waals surface area contributed by atoms with Gasteiger partial charge in [-0.05, 0) is 23.8 Å². The molecule has 2 N–H and O–H groups in total. The summed E-state index contributed by atoms with van der Waals surface area (Å²) in [6, 6.07) is 13.3. The second kappa shape index (κ2) is 8.47. The number of para-hydroxylation sites is 1. The number of benzene rings is 2. The molecule has 0 saturated heterocycles. The van der Waals surface area contributed by atoms with Gasteiger partial charge >= 0.3 is 0 Å². The van der Waals surface area contributed by atoms with Crippen LogP contribution in [0.1, 0.15) is 21.5 Å². The first kappa shape index (κ1) is 18.5. The molecule has 0 fully saturated rings. The highest BCUT2D eigenvalue weighted by molar-refractivity contribution is 5.93. The molecule has 8 heteroatoms. The predicted octanol–water partition coefficient (Wildman–Crippen LogP) is 2.76. The highest BCUT2D eigenvalue weighted by atomic mass is 16.7. The minimum atomic E-state index is -0.252. The summed E-state index contributed by atoms with van der Waals surface area (Å²) in [5.74, 6) is 2.38. The Labute approximate surface area is 167 Å². The van der Waals surface area contributed by atoms with Gasteiger partial charge in [-0.25, -0.2) is 9.97 Å². The SMILES string of the molecule is COc1ccccc1CNC(=O)c1cnc(NCc2ccc3c(c2)OCO3)nc1. The standard InChI is InChI=1S/C21H20N4O4/c1-27-17-5-3-2-4-15(17)10-22-20(26)16-11-24-21(25-12-16)23-9-14-6-7-18-19(8-14)29-13-28-18/h2-8,11-12H,9-10,13H2,1H3,(H,22,26)(H,23,24,25). The van der Waals surface area contributed by atoms with Gasteiger partial charge in [-0.2, -0.15) is 0 Å². The molecule has 1 aliphatic heterocycles. The normalized spacial score (nSPS) is 11.8. The summed E-state index contributed by atoms with van der Waals surface area (Å²) in [5, 5.41) is 5.97. The van der Waals surface area contributed by atoms with Gasteiger partial charge in [-0.3, -0.25) is 4.79 Å². The molecular weight excluding hydrogens is 372 g/mol. The lowest BCUT2D eigenvalue weighted by atomic mass is 10.2. The van der Waals surface area contributed by atoms with E-state index in [9.17, 15) is 4.79 Å². The Hall–Kier alpha value is -3.81. The van der Waals surface area contributed by atoms with Gasteiger partial charge in [0, 0.05) is 31.0 Å². The van der Waals surface area contributed by atoms with E-state index < -0.39 is 0 Å². The Morgan fingerprint density at radius 2 is 1.86 bits per heavy atom. The molecule has 2 heterocycles. The molecule has 0 radical (unpaired) electrons. The lowest BCUT2D eigenvalue weighted by molar-refractivity contribution is 0.0950. The van der Waals surface area contributed by atoms with E-state index in [2.05, 4.69) is 20.6 Å². The summed E-state index contributed by atoms with van der Waals surface area (Å²) >= 11 is 0. The second-order valence-corrected chi connectivity index (χ2v) is 6.33. The number of aromatic nitrogens is 2. The first-order chi connectivity index (χ1) is 14.2. The monoisotopic (exact) mass is 392 g/mol. The fourth-order valence-electron chi connectivity index (χ4n) is 2.90. The topological polar surface area (TPSA) is 94.6 Å². The maximum absolute atomic E-state index is 12.3. The predicted molar refractivity (Wildman–Crippen MR) is 106 cm³/mol. The minimum absolute atomic E-state index is 0.246. The molecule has 0 spiro atoms. The second-order valence-electron chi connectivity index (χ2n) is 6.33. The number of methoxy groups -OCH3 is 1. The van der Waals surface area contributed by atoms with Crippen LogP contribution in [0.5, 0.6) is 17.2 Å². The number of ether oxygens (including phenoxy) is 3. The van der Waals surface area contributed by atoms with E-state index in [1.165, 1.54) is 12.4 Å².